The SMILES string of the molecule is Nc1ccsc1C(=O)NCCOC1CCCCC1. The number of ether oxygens (including phenoxy) is 1. The Kier molecular flexibility index (Phi) is 5.01. The smallest absolute Gasteiger partial charge is 0.263 e. The summed E-state index contributed by atoms with van der Waals surface area (Å²) >= 11 is 1.37. The minimum Gasteiger partial charge on any atom is -0.397 e. The molecule has 1 aromatic rings. The van der Waals surface area contributed by atoms with Gasteiger partial charge in [0.1, 0.15) is 4.88 Å². The van der Waals surface area contributed by atoms with Gasteiger partial charge in [0.2, 0.25) is 0 Å². The Hall–Kier alpha value is -1.07. The van der Waals surface area contributed by atoms with Gasteiger partial charge in [-0.2, -0.15) is 0 Å². The van der Waals surface area contributed by atoms with Crippen molar-refractivity contribution in [1.82, 2.24) is 5.32 Å². The number of nitrogen functional groups attached to an aromatic ring is 1. The Bertz CT molecular complexity index is 386. The Morgan fingerprint density at radius 3 is 2.89 bits per heavy atom. The summed E-state index contributed by atoms with van der Waals surface area (Å²) in [6.45, 7) is 1.13. The summed E-state index contributed by atoms with van der Waals surface area (Å²) in [6, 6.07) is 1.75. The highest BCUT2D eigenvalue weighted by Crippen LogP contribution is 2.20. The zero-order valence-electron chi connectivity index (χ0n) is 10.5. The number of rotatable bonds is 5. The molecule has 18 heavy (non-hydrogen) atoms. The Morgan fingerprint density at radius 1 is 1.44 bits per heavy atom. The van der Waals surface area contributed by atoms with Crippen molar-refractivity contribution in [3.05, 3.63) is 16.3 Å². The lowest BCUT2D eigenvalue weighted by Crippen LogP contribution is -2.29. The van der Waals surface area contributed by atoms with Gasteiger partial charge in [0.15, 0.2) is 0 Å². The molecular weight excluding hydrogens is 248 g/mol. The van der Waals surface area contributed by atoms with Gasteiger partial charge in [-0.05, 0) is 24.3 Å². The van der Waals surface area contributed by atoms with Gasteiger partial charge in [-0.25, -0.2) is 0 Å². The maximum Gasteiger partial charge on any atom is 0.263 e. The van der Waals surface area contributed by atoms with Crippen molar-refractivity contribution in [2.24, 2.45) is 0 Å². The molecule has 4 nitrogen and oxygen atoms in total. The zero-order valence-corrected chi connectivity index (χ0v) is 11.3. The van der Waals surface area contributed by atoms with Crippen LogP contribution in [0.5, 0.6) is 0 Å². The van der Waals surface area contributed by atoms with Crippen molar-refractivity contribution in [1.29, 1.82) is 0 Å². The molecule has 1 aliphatic rings. The van der Waals surface area contributed by atoms with Crippen LogP contribution in [0.25, 0.3) is 0 Å². The second-order valence-electron chi connectivity index (χ2n) is 4.59. The van der Waals surface area contributed by atoms with Gasteiger partial charge in [0.25, 0.3) is 5.91 Å². The third kappa shape index (κ3) is 3.71. The Labute approximate surface area is 112 Å². The van der Waals surface area contributed by atoms with E-state index in [-0.39, 0.29) is 5.91 Å². The fourth-order valence-electron chi connectivity index (χ4n) is 2.21. The Morgan fingerprint density at radius 2 is 2.22 bits per heavy atom. The van der Waals surface area contributed by atoms with Crippen molar-refractivity contribution >= 4 is 22.9 Å². The fourth-order valence-corrected chi connectivity index (χ4v) is 2.94. The van der Waals surface area contributed by atoms with Gasteiger partial charge in [0, 0.05) is 6.54 Å². The number of thiophene rings is 1. The van der Waals surface area contributed by atoms with Crippen molar-refractivity contribution < 1.29 is 9.53 Å². The third-order valence-electron chi connectivity index (χ3n) is 3.20. The maximum absolute atomic E-state index is 11.7. The number of carbonyl (C=O) groups is 1. The highest BCUT2D eigenvalue weighted by atomic mass is 32.1. The zero-order chi connectivity index (χ0) is 12.8. The largest absolute Gasteiger partial charge is 0.397 e. The lowest BCUT2D eigenvalue weighted by atomic mass is 9.98. The summed E-state index contributed by atoms with van der Waals surface area (Å²) in [5.41, 5.74) is 6.23. The topological polar surface area (TPSA) is 64.4 Å². The summed E-state index contributed by atoms with van der Waals surface area (Å²) in [5.74, 6) is -0.102. The maximum atomic E-state index is 11.7. The average molecular weight is 268 g/mol. The highest BCUT2D eigenvalue weighted by molar-refractivity contribution is 7.12. The molecule has 100 valence electrons. The van der Waals surface area contributed by atoms with Crippen molar-refractivity contribution in [3.63, 3.8) is 0 Å². The van der Waals surface area contributed by atoms with E-state index in [4.69, 9.17) is 10.5 Å². The molecule has 3 N–H and O–H groups in total. The quantitative estimate of drug-likeness (QED) is 0.806. The number of amides is 1. The van der Waals surface area contributed by atoms with Crippen LogP contribution in [0.15, 0.2) is 11.4 Å². The highest BCUT2D eigenvalue weighted by Gasteiger charge is 2.14. The monoisotopic (exact) mass is 268 g/mol. The van der Waals surface area contributed by atoms with Gasteiger partial charge < -0.3 is 15.8 Å². The van der Waals surface area contributed by atoms with E-state index in [0.717, 1.165) is 12.8 Å². The first-order valence-electron chi connectivity index (χ1n) is 6.50. The fraction of sp³-hybridized carbons (Fsp3) is 0.615. The first-order valence-corrected chi connectivity index (χ1v) is 7.38. The van der Waals surface area contributed by atoms with E-state index in [9.17, 15) is 4.79 Å². The molecule has 1 heterocycles. The van der Waals surface area contributed by atoms with Crippen molar-refractivity contribution in [2.75, 3.05) is 18.9 Å². The second-order valence-corrected chi connectivity index (χ2v) is 5.51. The summed E-state index contributed by atoms with van der Waals surface area (Å²) in [6.07, 6.45) is 6.57. The molecule has 0 bridgehead atoms. The van der Waals surface area contributed by atoms with Crippen LogP contribution in [0.3, 0.4) is 0 Å². The number of hydrogen-bond donors (Lipinski definition) is 2. The molecule has 1 aliphatic carbocycles. The van der Waals surface area contributed by atoms with Crippen molar-refractivity contribution in [3.8, 4) is 0 Å². The minimum absolute atomic E-state index is 0.102. The first kappa shape index (κ1) is 13.4. The minimum atomic E-state index is -0.102. The molecule has 0 radical (unpaired) electrons. The van der Waals surface area contributed by atoms with Crippen LogP contribution in [-0.4, -0.2) is 25.2 Å². The van der Waals surface area contributed by atoms with E-state index in [1.807, 2.05) is 5.38 Å². The van der Waals surface area contributed by atoms with E-state index in [1.54, 1.807) is 6.07 Å². The van der Waals surface area contributed by atoms with E-state index in [0.29, 0.717) is 29.8 Å². The molecule has 0 atom stereocenters. The van der Waals surface area contributed by atoms with Crippen molar-refractivity contribution in [2.45, 2.75) is 38.2 Å². The normalized spacial score (nSPS) is 16.7. The molecule has 0 aromatic carbocycles. The van der Waals surface area contributed by atoms with Gasteiger partial charge in [0.05, 0.1) is 18.4 Å². The number of nitrogens with two attached hydrogens (primary N) is 1. The van der Waals surface area contributed by atoms with Crippen LogP contribution >= 0.6 is 11.3 Å². The van der Waals surface area contributed by atoms with Crippen LogP contribution < -0.4 is 11.1 Å². The van der Waals surface area contributed by atoms with Gasteiger partial charge in [-0.1, -0.05) is 19.3 Å². The van der Waals surface area contributed by atoms with E-state index < -0.39 is 0 Å². The molecule has 1 aromatic heterocycles. The lowest BCUT2D eigenvalue weighted by Gasteiger charge is -2.21. The van der Waals surface area contributed by atoms with Crippen LogP contribution in [0.2, 0.25) is 0 Å². The van der Waals surface area contributed by atoms with Crippen LogP contribution in [-0.2, 0) is 4.74 Å². The van der Waals surface area contributed by atoms with Gasteiger partial charge in [-0.15, -0.1) is 11.3 Å². The summed E-state index contributed by atoms with van der Waals surface area (Å²) in [4.78, 5) is 12.3. The van der Waals surface area contributed by atoms with Gasteiger partial charge in [-0.3, -0.25) is 4.79 Å². The number of carbonyl (C=O) groups excluding carboxylic acids is 1. The summed E-state index contributed by atoms with van der Waals surface area (Å²) in [7, 11) is 0. The van der Waals surface area contributed by atoms with Crippen LogP contribution in [0.1, 0.15) is 41.8 Å². The van der Waals surface area contributed by atoms with E-state index >= 15 is 0 Å². The van der Waals surface area contributed by atoms with Gasteiger partial charge >= 0.3 is 0 Å². The third-order valence-corrected chi connectivity index (χ3v) is 4.12. The van der Waals surface area contributed by atoms with E-state index in [1.165, 1.54) is 30.6 Å². The van der Waals surface area contributed by atoms with Crippen LogP contribution in [0.4, 0.5) is 5.69 Å². The molecule has 0 saturated heterocycles. The molecule has 2 rings (SSSR count). The summed E-state index contributed by atoms with van der Waals surface area (Å²) < 4.78 is 5.74. The standard InChI is InChI=1S/C13H20N2O2S/c14-11-6-9-18-12(11)13(16)15-7-8-17-10-4-2-1-3-5-10/h6,9-10H,1-5,7-8,14H2,(H,15,16). The van der Waals surface area contributed by atoms with E-state index in [2.05, 4.69) is 5.32 Å². The predicted octanol–water partition coefficient (Wildman–Crippen LogP) is 2.41. The molecule has 0 unspecified atom stereocenters. The van der Waals surface area contributed by atoms with Crippen LogP contribution in [0, 0.1) is 0 Å². The number of nitrogens with one attached hydrogen (secondary N) is 1. The molecular formula is C13H20N2O2S. The molecule has 0 aliphatic heterocycles. The molecule has 1 amide bonds. The first-order chi connectivity index (χ1) is 8.77. The lowest BCUT2D eigenvalue weighted by molar-refractivity contribution is 0.0300. The number of hydrogen-bond acceptors (Lipinski definition) is 4. The average Bonchev–Trinajstić information content (AvgIpc) is 2.82. The molecule has 1 fully saturated rings. The predicted molar refractivity (Wildman–Crippen MR) is 73.9 cm³/mol. The summed E-state index contributed by atoms with van der Waals surface area (Å²) in [5, 5.41) is 4.65. The Balaban J connectivity index is 1.63. The molecule has 0 spiro atoms. The second kappa shape index (κ2) is 6.75. The number of anilines is 1. The molecule has 5 heteroatoms. The molecule has 1 saturated carbocycles.